The molecule has 1 unspecified atom stereocenters. The van der Waals surface area contributed by atoms with Crippen molar-refractivity contribution in [2.24, 2.45) is 0 Å². The fourth-order valence-electron chi connectivity index (χ4n) is 3.65. The molecule has 9 heteroatoms. The number of carbonyl (C=O) groups is 2. The maximum atomic E-state index is 12.9. The Morgan fingerprint density at radius 1 is 1.06 bits per heavy atom. The smallest absolute Gasteiger partial charge is 0.338 e. The summed E-state index contributed by atoms with van der Waals surface area (Å²) in [6, 6.07) is 12.3. The molecule has 0 heterocycles. The van der Waals surface area contributed by atoms with Crippen molar-refractivity contribution in [2.75, 3.05) is 12.4 Å². The molecule has 1 atom stereocenters. The second-order valence-corrected chi connectivity index (χ2v) is 10.3. The minimum absolute atomic E-state index is 0.00382. The van der Waals surface area contributed by atoms with Gasteiger partial charge in [-0.3, -0.25) is 4.79 Å². The van der Waals surface area contributed by atoms with Gasteiger partial charge in [-0.25, -0.2) is 13.2 Å². The van der Waals surface area contributed by atoms with E-state index in [9.17, 15) is 18.0 Å². The Morgan fingerprint density at radius 3 is 2.31 bits per heavy atom. The highest BCUT2D eigenvalue weighted by atomic mass is 35.5. The average Bonchev–Trinajstić information content (AvgIpc) is 2.80. The van der Waals surface area contributed by atoms with Gasteiger partial charge in [-0.2, -0.15) is 4.31 Å². The minimum atomic E-state index is -3.65. The Morgan fingerprint density at radius 2 is 1.69 bits per heavy atom. The molecule has 0 aromatic heterocycles. The summed E-state index contributed by atoms with van der Waals surface area (Å²) in [5.41, 5.74) is 0.570. The van der Waals surface area contributed by atoms with Crippen molar-refractivity contribution < 1.29 is 22.7 Å². The number of rotatable bonds is 7. The largest absolute Gasteiger partial charge is 0.449 e. The highest BCUT2D eigenvalue weighted by molar-refractivity contribution is 7.89. The highest BCUT2D eigenvalue weighted by Crippen LogP contribution is 2.27. The number of amides is 1. The number of halogens is 1. The third-order valence-corrected chi connectivity index (χ3v) is 7.89. The van der Waals surface area contributed by atoms with Crippen molar-refractivity contribution >= 4 is 39.2 Å². The van der Waals surface area contributed by atoms with Crippen LogP contribution >= 0.6 is 11.6 Å². The molecule has 2 aromatic rings. The molecule has 0 spiro atoms. The summed E-state index contributed by atoms with van der Waals surface area (Å²) in [6.45, 7) is 1.45. The van der Waals surface area contributed by atoms with Gasteiger partial charge in [-0.1, -0.05) is 43.0 Å². The third kappa shape index (κ3) is 5.68. The predicted octanol–water partition coefficient (Wildman–Crippen LogP) is 4.48. The zero-order valence-electron chi connectivity index (χ0n) is 18.1. The highest BCUT2D eigenvalue weighted by Gasteiger charge is 2.29. The van der Waals surface area contributed by atoms with E-state index < -0.39 is 28.0 Å². The van der Waals surface area contributed by atoms with Gasteiger partial charge in [0.1, 0.15) is 0 Å². The van der Waals surface area contributed by atoms with Crippen LogP contribution in [0.2, 0.25) is 5.02 Å². The van der Waals surface area contributed by atoms with Crippen LogP contribution in [0.5, 0.6) is 0 Å². The van der Waals surface area contributed by atoms with Gasteiger partial charge in [-0.15, -0.1) is 0 Å². The Bertz CT molecular complexity index is 1070. The van der Waals surface area contributed by atoms with Crippen molar-refractivity contribution in [3.63, 3.8) is 0 Å². The maximum Gasteiger partial charge on any atom is 0.338 e. The number of anilines is 1. The zero-order valence-corrected chi connectivity index (χ0v) is 19.7. The zero-order chi connectivity index (χ0) is 23.3. The number of esters is 1. The SMILES string of the molecule is CC(OC(=O)c1ccc(S(=O)(=O)N(C)C2CCCCC2)cc1)C(=O)Nc1ccccc1Cl. The Labute approximate surface area is 193 Å². The lowest BCUT2D eigenvalue weighted by Gasteiger charge is -2.30. The monoisotopic (exact) mass is 478 g/mol. The van der Waals surface area contributed by atoms with E-state index in [0.29, 0.717) is 10.7 Å². The number of sulfonamides is 1. The average molecular weight is 479 g/mol. The van der Waals surface area contributed by atoms with E-state index >= 15 is 0 Å². The molecular weight excluding hydrogens is 452 g/mol. The second-order valence-electron chi connectivity index (χ2n) is 7.85. The quantitative estimate of drug-likeness (QED) is 0.592. The van der Waals surface area contributed by atoms with E-state index in [1.807, 2.05) is 0 Å². The molecule has 0 radical (unpaired) electrons. The molecule has 1 fully saturated rings. The topological polar surface area (TPSA) is 92.8 Å². The summed E-state index contributed by atoms with van der Waals surface area (Å²) in [6.07, 6.45) is 3.83. The van der Waals surface area contributed by atoms with Crippen LogP contribution < -0.4 is 5.32 Å². The van der Waals surface area contributed by atoms with Gasteiger partial charge in [0.25, 0.3) is 5.91 Å². The van der Waals surface area contributed by atoms with E-state index in [0.717, 1.165) is 32.1 Å². The van der Waals surface area contributed by atoms with E-state index in [4.69, 9.17) is 16.3 Å². The standard InChI is InChI=1S/C23H27ClN2O5S/c1-16(22(27)25-21-11-7-6-10-20(21)24)31-23(28)17-12-14-19(15-13-17)32(29,30)26(2)18-8-4-3-5-9-18/h6-7,10-16,18H,3-5,8-9H2,1-2H3,(H,25,27). The molecule has 1 aliphatic carbocycles. The normalized spacial score (nSPS) is 15.9. The van der Waals surface area contributed by atoms with Crippen molar-refractivity contribution in [2.45, 2.75) is 56.1 Å². The number of hydrogen-bond acceptors (Lipinski definition) is 5. The molecule has 1 amide bonds. The van der Waals surface area contributed by atoms with Gasteiger partial charge in [0.15, 0.2) is 6.10 Å². The summed E-state index contributed by atoms with van der Waals surface area (Å²) in [7, 11) is -2.05. The van der Waals surface area contributed by atoms with Gasteiger partial charge >= 0.3 is 5.97 Å². The number of benzene rings is 2. The number of nitrogens with one attached hydrogen (secondary N) is 1. The molecule has 7 nitrogen and oxygen atoms in total. The van der Waals surface area contributed by atoms with Crippen LogP contribution in [0.3, 0.4) is 0 Å². The van der Waals surface area contributed by atoms with Gasteiger partial charge in [0, 0.05) is 13.1 Å². The Kier molecular flexibility index (Phi) is 7.92. The first-order chi connectivity index (χ1) is 15.2. The van der Waals surface area contributed by atoms with Crippen LogP contribution in [0.1, 0.15) is 49.4 Å². The lowest BCUT2D eigenvalue weighted by molar-refractivity contribution is -0.123. The van der Waals surface area contributed by atoms with Crippen LogP contribution in [-0.4, -0.2) is 43.8 Å². The first kappa shape index (κ1) is 24.2. The van der Waals surface area contributed by atoms with Crippen molar-refractivity contribution in [1.29, 1.82) is 0 Å². The summed E-state index contributed by atoms with van der Waals surface area (Å²) in [5.74, 6) is -1.25. The van der Waals surface area contributed by atoms with Crippen molar-refractivity contribution in [1.82, 2.24) is 4.31 Å². The molecule has 1 saturated carbocycles. The minimum Gasteiger partial charge on any atom is -0.449 e. The summed E-state index contributed by atoms with van der Waals surface area (Å²) >= 11 is 6.02. The predicted molar refractivity (Wildman–Crippen MR) is 123 cm³/mol. The van der Waals surface area contributed by atoms with Crippen molar-refractivity contribution in [3.8, 4) is 0 Å². The molecular formula is C23H27ClN2O5S. The third-order valence-electron chi connectivity index (χ3n) is 5.64. The van der Waals surface area contributed by atoms with E-state index in [1.54, 1.807) is 31.3 Å². The number of nitrogens with zero attached hydrogens (tertiary/aromatic N) is 1. The number of para-hydroxylation sites is 1. The fourth-order valence-corrected chi connectivity index (χ4v) is 5.25. The first-order valence-electron chi connectivity index (χ1n) is 10.5. The Hall–Kier alpha value is -2.42. The van der Waals surface area contributed by atoms with E-state index in [2.05, 4.69) is 5.32 Å². The van der Waals surface area contributed by atoms with E-state index in [1.165, 1.54) is 35.5 Å². The van der Waals surface area contributed by atoms with Crippen molar-refractivity contribution in [3.05, 3.63) is 59.1 Å². The van der Waals surface area contributed by atoms with Crippen LogP contribution in [0.15, 0.2) is 53.4 Å². The maximum absolute atomic E-state index is 12.9. The molecule has 1 aliphatic rings. The van der Waals surface area contributed by atoms with Gasteiger partial charge in [0.2, 0.25) is 10.0 Å². The van der Waals surface area contributed by atoms with Crippen LogP contribution in [0, 0.1) is 0 Å². The Balaban J connectivity index is 1.63. The van der Waals surface area contributed by atoms with E-state index in [-0.39, 0.29) is 16.5 Å². The van der Waals surface area contributed by atoms with Crippen LogP contribution in [-0.2, 0) is 19.6 Å². The molecule has 32 heavy (non-hydrogen) atoms. The molecule has 172 valence electrons. The molecule has 0 aliphatic heterocycles. The molecule has 3 rings (SSSR count). The first-order valence-corrected chi connectivity index (χ1v) is 12.4. The molecule has 0 saturated heterocycles. The molecule has 2 aromatic carbocycles. The number of hydrogen-bond donors (Lipinski definition) is 1. The lowest BCUT2D eigenvalue weighted by Crippen LogP contribution is -2.38. The molecule has 1 N–H and O–H groups in total. The van der Waals surface area contributed by atoms with Crippen LogP contribution in [0.4, 0.5) is 5.69 Å². The number of ether oxygens (including phenoxy) is 1. The van der Waals surface area contributed by atoms with Gasteiger partial charge in [0.05, 0.1) is 21.2 Å². The summed E-state index contributed by atoms with van der Waals surface area (Å²) in [5, 5.41) is 2.98. The molecule has 0 bridgehead atoms. The lowest BCUT2D eigenvalue weighted by atomic mass is 9.96. The summed E-state index contributed by atoms with van der Waals surface area (Å²) in [4.78, 5) is 24.9. The number of carbonyl (C=O) groups excluding carboxylic acids is 2. The summed E-state index contributed by atoms with van der Waals surface area (Å²) < 4.78 is 32.5. The fraction of sp³-hybridized carbons (Fsp3) is 0.391. The second kappa shape index (κ2) is 10.5. The van der Waals surface area contributed by atoms with Gasteiger partial charge < -0.3 is 10.1 Å². The van der Waals surface area contributed by atoms with Crippen LogP contribution in [0.25, 0.3) is 0 Å². The van der Waals surface area contributed by atoms with Gasteiger partial charge in [-0.05, 0) is 56.2 Å².